The summed E-state index contributed by atoms with van der Waals surface area (Å²) in [7, 11) is 1.20. The van der Waals surface area contributed by atoms with Crippen LogP contribution in [0.15, 0.2) is 0 Å². The Hall–Kier alpha value is -0.990. The zero-order valence-corrected chi connectivity index (χ0v) is 58.3. The van der Waals surface area contributed by atoms with Crippen LogP contribution in [-0.2, 0) is 32.7 Å². The van der Waals surface area contributed by atoms with Crippen LogP contribution in [0, 0.1) is 0 Å². The van der Waals surface area contributed by atoms with Crippen molar-refractivity contribution in [2.45, 2.75) is 418 Å². The number of carbonyl (C=O) groups is 2. The molecule has 0 aliphatic rings. The van der Waals surface area contributed by atoms with E-state index in [1.165, 1.54) is 347 Å². The molecule has 0 aliphatic carbocycles. The van der Waals surface area contributed by atoms with Gasteiger partial charge >= 0.3 is 11.9 Å². The van der Waals surface area contributed by atoms with Crippen molar-refractivity contribution in [2.24, 2.45) is 0 Å². The van der Waals surface area contributed by atoms with Gasteiger partial charge in [0, 0.05) is 12.8 Å². The van der Waals surface area contributed by atoms with Gasteiger partial charge in [-0.15, -0.1) is 0 Å². The van der Waals surface area contributed by atoms with Crippen molar-refractivity contribution in [3.63, 3.8) is 0 Å². The first-order chi connectivity index (χ1) is 41.0. The Morgan fingerprint density at radius 3 is 0.762 bits per heavy atom. The Kier molecular flexibility index (Phi) is 65.6. The molecular weight excluding hydrogens is 1060 g/mol. The first kappa shape index (κ1) is 83.0. The molecule has 0 saturated heterocycles. The summed E-state index contributed by atoms with van der Waals surface area (Å²) in [5, 5.41) is 0. The number of carbonyl (C=O) groups excluding carboxylic acids is 2. The second-order valence-electron chi connectivity index (χ2n) is 27.4. The predicted molar refractivity (Wildman–Crippen MR) is 361 cm³/mol. The van der Waals surface area contributed by atoms with Gasteiger partial charge in [0.15, 0.2) is 6.10 Å². The van der Waals surface area contributed by atoms with E-state index in [0.717, 1.165) is 32.1 Å². The standard InChI is InChI=1S/C74H148NO8P/c1-6-8-10-12-14-16-18-20-22-24-26-28-30-32-34-36-37-39-41-43-45-47-49-51-53-55-57-59-61-63-65-67-74(77)83-72(71-82-84(78,79)81-69-68-75(3,4)5)70-80-73(76)66-64-62-60-58-56-54-52-50-48-46-44-42-40-38-35-33-31-29-27-25-23-21-19-17-15-13-11-9-7-2/h72H,6-71H2,1-5H3. The zero-order valence-electron chi connectivity index (χ0n) is 57.4. The lowest BCUT2D eigenvalue weighted by molar-refractivity contribution is -0.870. The van der Waals surface area contributed by atoms with Gasteiger partial charge in [0.1, 0.15) is 19.8 Å². The largest absolute Gasteiger partial charge is 0.756 e. The van der Waals surface area contributed by atoms with Crippen LogP contribution in [0.3, 0.4) is 0 Å². The highest BCUT2D eigenvalue weighted by Crippen LogP contribution is 2.38. The lowest BCUT2D eigenvalue weighted by Crippen LogP contribution is -2.37. The molecule has 2 unspecified atom stereocenters. The number of phosphoric acid groups is 1. The molecule has 0 heterocycles. The summed E-state index contributed by atoms with van der Waals surface area (Å²) in [6, 6.07) is 0. The van der Waals surface area contributed by atoms with Crippen molar-refractivity contribution in [1.82, 2.24) is 0 Å². The third kappa shape index (κ3) is 70.1. The lowest BCUT2D eigenvalue weighted by atomic mass is 10.0. The summed E-state index contributed by atoms with van der Waals surface area (Å²) < 4.78 is 34.4. The number of unbranched alkanes of at least 4 members (excludes halogenated alkanes) is 58. The van der Waals surface area contributed by atoms with Crippen molar-refractivity contribution in [1.29, 1.82) is 0 Å². The quantitative estimate of drug-likeness (QED) is 0.0256. The molecule has 0 amide bonds. The van der Waals surface area contributed by atoms with Crippen molar-refractivity contribution < 1.29 is 42.1 Å². The summed E-state index contributed by atoms with van der Waals surface area (Å²) in [5.41, 5.74) is 0. The van der Waals surface area contributed by atoms with Crippen LogP contribution in [0.4, 0.5) is 0 Å². The van der Waals surface area contributed by atoms with E-state index in [-0.39, 0.29) is 32.0 Å². The molecule has 0 aromatic rings. The highest BCUT2D eigenvalue weighted by atomic mass is 31.2. The van der Waals surface area contributed by atoms with Gasteiger partial charge in [-0.1, -0.05) is 386 Å². The van der Waals surface area contributed by atoms with Crippen LogP contribution in [0.5, 0.6) is 0 Å². The molecule has 2 atom stereocenters. The molecule has 0 rings (SSSR count). The molecule has 0 aliphatic heterocycles. The van der Waals surface area contributed by atoms with Crippen molar-refractivity contribution in [3.05, 3.63) is 0 Å². The van der Waals surface area contributed by atoms with Crippen LogP contribution in [0.25, 0.3) is 0 Å². The second kappa shape index (κ2) is 66.4. The molecule has 0 N–H and O–H groups in total. The number of esters is 2. The SMILES string of the molecule is CCCCCCCCCCCCCCCCCCCCCCCCCCCCCCCCCC(=O)OC(COC(=O)CCCCCCCCCCCCCCCCCCCCCCCCCCCCCCC)COP(=O)([O-])OCC[N+](C)(C)C. The van der Waals surface area contributed by atoms with Gasteiger partial charge in [0.05, 0.1) is 27.7 Å². The molecule has 9 nitrogen and oxygen atoms in total. The predicted octanol–water partition coefficient (Wildman–Crippen LogP) is 23.9. The molecule has 0 fully saturated rings. The van der Waals surface area contributed by atoms with Crippen LogP contribution in [-0.4, -0.2) is 70.0 Å². The monoisotopic (exact) mass is 1210 g/mol. The molecule has 0 radical (unpaired) electrons. The van der Waals surface area contributed by atoms with Gasteiger partial charge in [-0.3, -0.25) is 14.2 Å². The maximum atomic E-state index is 12.9. The van der Waals surface area contributed by atoms with E-state index in [9.17, 15) is 19.0 Å². The van der Waals surface area contributed by atoms with E-state index < -0.39 is 26.5 Å². The molecular formula is C74H148NO8P. The van der Waals surface area contributed by atoms with Gasteiger partial charge < -0.3 is 27.9 Å². The molecule has 0 aromatic heterocycles. The number of nitrogens with zero attached hydrogens (tertiary/aromatic N) is 1. The third-order valence-corrected chi connectivity index (χ3v) is 18.6. The van der Waals surface area contributed by atoms with Crippen molar-refractivity contribution in [2.75, 3.05) is 47.5 Å². The summed E-state index contributed by atoms with van der Waals surface area (Å²) in [5.74, 6) is -0.802. The maximum Gasteiger partial charge on any atom is 0.306 e. The Morgan fingerprint density at radius 2 is 0.536 bits per heavy atom. The molecule has 502 valence electrons. The number of hydrogen-bond donors (Lipinski definition) is 0. The Bertz CT molecular complexity index is 1370. The topological polar surface area (TPSA) is 111 Å². The van der Waals surface area contributed by atoms with E-state index >= 15 is 0 Å². The zero-order chi connectivity index (χ0) is 61.2. The Balaban J connectivity index is 3.93. The molecule has 0 aromatic carbocycles. The van der Waals surface area contributed by atoms with Crippen LogP contribution < -0.4 is 4.89 Å². The fraction of sp³-hybridized carbons (Fsp3) is 0.973. The van der Waals surface area contributed by atoms with E-state index in [1.807, 2.05) is 21.1 Å². The number of likely N-dealkylation sites (N-methyl/N-ethyl adjacent to an activating group) is 1. The highest BCUT2D eigenvalue weighted by molar-refractivity contribution is 7.45. The van der Waals surface area contributed by atoms with Crippen molar-refractivity contribution in [3.8, 4) is 0 Å². The lowest BCUT2D eigenvalue weighted by Gasteiger charge is -2.28. The second-order valence-corrected chi connectivity index (χ2v) is 28.8. The van der Waals surface area contributed by atoms with Gasteiger partial charge in [0.25, 0.3) is 7.82 Å². The Labute approximate surface area is 524 Å². The van der Waals surface area contributed by atoms with E-state index in [4.69, 9.17) is 18.5 Å². The normalized spacial score (nSPS) is 13.0. The van der Waals surface area contributed by atoms with Gasteiger partial charge in [-0.25, -0.2) is 0 Å². The van der Waals surface area contributed by atoms with Crippen LogP contribution >= 0.6 is 7.82 Å². The summed E-state index contributed by atoms with van der Waals surface area (Å²) in [6.45, 7) is 4.35. The minimum absolute atomic E-state index is 0.0247. The smallest absolute Gasteiger partial charge is 0.306 e. The average molecular weight is 1210 g/mol. The average Bonchev–Trinajstić information content (AvgIpc) is 3.61. The number of ether oxygens (including phenoxy) is 2. The minimum Gasteiger partial charge on any atom is -0.756 e. The van der Waals surface area contributed by atoms with E-state index in [2.05, 4.69) is 13.8 Å². The first-order valence-electron chi connectivity index (χ1n) is 37.7. The molecule has 10 heteroatoms. The van der Waals surface area contributed by atoms with Crippen LogP contribution in [0.1, 0.15) is 412 Å². The fourth-order valence-corrected chi connectivity index (χ4v) is 12.6. The van der Waals surface area contributed by atoms with Gasteiger partial charge in [0.2, 0.25) is 0 Å². The van der Waals surface area contributed by atoms with Crippen LogP contribution in [0.2, 0.25) is 0 Å². The molecule has 84 heavy (non-hydrogen) atoms. The fourth-order valence-electron chi connectivity index (χ4n) is 11.8. The molecule has 0 spiro atoms. The minimum atomic E-state index is -4.64. The molecule has 0 saturated carbocycles. The third-order valence-electron chi connectivity index (χ3n) is 17.6. The summed E-state index contributed by atoms with van der Waals surface area (Å²) in [6.07, 6.45) is 80.7. The Morgan fingerprint density at radius 1 is 0.321 bits per heavy atom. The van der Waals surface area contributed by atoms with E-state index in [1.54, 1.807) is 0 Å². The first-order valence-corrected chi connectivity index (χ1v) is 39.2. The maximum absolute atomic E-state index is 12.9. The van der Waals surface area contributed by atoms with Gasteiger partial charge in [-0.05, 0) is 12.8 Å². The summed E-state index contributed by atoms with van der Waals surface area (Å²) in [4.78, 5) is 38.1. The van der Waals surface area contributed by atoms with Gasteiger partial charge in [-0.2, -0.15) is 0 Å². The number of phosphoric ester groups is 1. The highest BCUT2D eigenvalue weighted by Gasteiger charge is 2.22. The molecule has 0 bridgehead atoms. The van der Waals surface area contributed by atoms with E-state index in [0.29, 0.717) is 17.4 Å². The number of rotatable bonds is 72. The summed E-state index contributed by atoms with van der Waals surface area (Å²) >= 11 is 0. The number of hydrogen-bond acceptors (Lipinski definition) is 8. The number of quaternary nitrogens is 1. The van der Waals surface area contributed by atoms with Crippen molar-refractivity contribution >= 4 is 19.8 Å².